The van der Waals surface area contributed by atoms with E-state index in [0.717, 1.165) is 38.2 Å². The lowest BCUT2D eigenvalue weighted by molar-refractivity contribution is -0.116. The van der Waals surface area contributed by atoms with Crippen LogP contribution in [0.4, 0.5) is 11.4 Å². The number of anilines is 2. The molecule has 5 nitrogen and oxygen atoms in total. The van der Waals surface area contributed by atoms with Crippen molar-refractivity contribution in [3.63, 3.8) is 0 Å². The number of hydrogen-bond donors (Lipinski definition) is 1. The highest BCUT2D eigenvalue weighted by atomic mass is 32.1. The van der Waals surface area contributed by atoms with E-state index in [1.54, 1.807) is 6.20 Å². The summed E-state index contributed by atoms with van der Waals surface area (Å²) < 4.78 is 1.85. The number of fused-ring (bicyclic) bond motifs is 1. The molecule has 1 N–H and O–H groups in total. The fourth-order valence-electron chi connectivity index (χ4n) is 3.28. The van der Waals surface area contributed by atoms with Crippen LogP contribution in [0.5, 0.6) is 0 Å². The minimum absolute atomic E-state index is 0.0470. The highest BCUT2D eigenvalue weighted by Crippen LogP contribution is 2.28. The van der Waals surface area contributed by atoms with Gasteiger partial charge in [0.2, 0.25) is 5.91 Å². The number of aryl methyl sites for hydroxylation is 1. The van der Waals surface area contributed by atoms with E-state index in [2.05, 4.69) is 38.9 Å². The third kappa shape index (κ3) is 3.96. The Balaban J connectivity index is 1.28. The van der Waals surface area contributed by atoms with Crippen LogP contribution in [-0.2, 0) is 24.3 Å². The van der Waals surface area contributed by atoms with Gasteiger partial charge in [-0.3, -0.25) is 9.48 Å². The molecule has 3 aromatic rings. The van der Waals surface area contributed by atoms with Gasteiger partial charge in [0.05, 0.1) is 0 Å². The van der Waals surface area contributed by atoms with Crippen molar-refractivity contribution in [2.45, 2.75) is 32.4 Å². The summed E-state index contributed by atoms with van der Waals surface area (Å²) in [4.78, 5) is 16.0. The van der Waals surface area contributed by atoms with E-state index >= 15 is 0 Å². The molecule has 1 amide bonds. The Labute approximate surface area is 157 Å². The van der Waals surface area contributed by atoms with Crippen LogP contribution in [-0.4, -0.2) is 22.2 Å². The van der Waals surface area contributed by atoms with Gasteiger partial charge in [-0.15, -0.1) is 11.3 Å². The third-order valence-corrected chi connectivity index (χ3v) is 5.70. The van der Waals surface area contributed by atoms with Crippen LogP contribution >= 0.6 is 11.3 Å². The van der Waals surface area contributed by atoms with E-state index in [4.69, 9.17) is 0 Å². The molecule has 26 heavy (non-hydrogen) atoms. The monoisotopic (exact) mass is 366 g/mol. The number of rotatable bonds is 6. The summed E-state index contributed by atoms with van der Waals surface area (Å²) in [6.45, 7) is 2.78. The van der Waals surface area contributed by atoms with E-state index in [-0.39, 0.29) is 5.91 Å². The molecule has 0 saturated carbocycles. The first-order valence-electron chi connectivity index (χ1n) is 8.95. The first-order valence-corrected chi connectivity index (χ1v) is 9.83. The summed E-state index contributed by atoms with van der Waals surface area (Å²) >= 11 is 1.86. The van der Waals surface area contributed by atoms with Crippen LogP contribution in [0.15, 0.2) is 54.2 Å². The SMILES string of the molecule is O=C(CCCn1cccn1)Nc1ccc(N2CCc3sccc3C2)cc1. The van der Waals surface area contributed by atoms with Gasteiger partial charge in [0.25, 0.3) is 0 Å². The molecule has 1 aliphatic heterocycles. The van der Waals surface area contributed by atoms with Gasteiger partial charge >= 0.3 is 0 Å². The number of aromatic nitrogens is 2. The zero-order valence-corrected chi connectivity index (χ0v) is 15.4. The minimum Gasteiger partial charge on any atom is -0.367 e. The largest absolute Gasteiger partial charge is 0.367 e. The highest BCUT2D eigenvalue weighted by Gasteiger charge is 2.17. The average molecular weight is 366 g/mol. The molecule has 134 valence electrons. The van der Waals surface area contributed by atoms with E-state index in [1.165, 1.54) is 16.1 Å². The molecule has 6 heteroatoms. The van der Waals surface area contributed by atoms with Gasteiger partial charge in [-0.05, 0) is 60.2 Å². The van der Waals surface area contributed by atoms with Crippen molar-refractivity contribution in [1.29, 1.82) is 0 Å². The van der Waals surface area contributed by atoms with E-state index in [9.17, 15) is 4.79 Å². The minimum atomic E-state index is 0.0470. The first-order chi connectivity index (χ1) is 12.8. The maximum atomic E-state index is 12.1. The van der Waals surface area contributed by atoms with E-state index in [1.807, 2.05) is 40.4 Å². The van der Waals surface area contributed by atoms with Gasteiger partial charge in [0.15, 0.2) is 0 Å². The fraction of sp³-hybridized carbons (Fsp3) is 0.300. The number of carbonyl (C=O) groups is 1. The Kier molecular flexibility index (Phi) is 5.02. The van der Waals surface area contributed by atoms with Crippen molar-refractivity contribution in [2.24, 2.45) is 0 Å². The van der Waals surface area contributed by atoms with Crippen LogP contribution in [0.1, 0.15) is 23.3 Å². The molecular weight excluding hydrogens is 344 g/mol. The van der Waals surface area contributed by atoms with Crippen molar-refractivity contribution in [3.8, 4) is 0 Å². The molecule has 0 bridgehead atoms. The second-order valence-corrected chi connectivity index (χ2v) is 7.51. The fourth-order valence-corrected chi connectivity index (χ4v) is 4.17. The maximum Gasteiger partial charge on any atom is 0.224 e. The Morgan fingerprint density at radius 2 is 2.12 bits per heavy atom. The van der Waals surface area contributed by atoms with Gasteiger partial charge in [-0.2, -0.15) is 5.10 Å². The van der Waals surface area contributed by atoms with Crippen molar-refractivity contribution in [3.05, 3.63) is 64.6 Å². The second kappa shape index (κ2) is 7.74. The van der Waals surface area contributed by atoms with Gasteiger partial charge in [0, 0.05) is 54.7 Å². The predicted molar refractivity (Wildman–Crippen MR) is 106 cm³/mol. The molecule has 0 unspecified atom stereocenters. The Morgan fingerprint density at radius 1 is 1.23 bits per heavy atom. The zero-order valence-electron chi connectivity index (χ0n) is 14.6. The van der Waals surface area contributed by atoms with Crippen LogP contribution in [0.2, 0.25) is 0 Å². The standard InChI is InChI=1S/C20H22N4OS/c25-20(3-1-11-24-12-2-10-21-24)22-17-4-6-18(7-5-17)23-13-8-19-16(15-23)9-14-26-19/h2,4-7,9-10,12,14H,1,3,8,11,13,15H2,(H,22,25). The molecule has 0 aliphatic carbocycles. The summed E-state index contributed by atoms with van der Waals surface area (Å²) in [5, 5.41) is 9.30. The number of hydrogen-bond acceptors (Lipinski definition) is 4. The number of benzene rings is 1. The van der Waals surface area contributed by atoms with Crippen LogP contribution in [0.3, 0.4) is 0 Å². The van der Waals surface area contributed by atoms with Crippen LogP contribution in [0, 0.1) is 0 Å². The summed E-state index contributed by atoms with van der Waals surface area (Å²) in [5.41, 5.74) is 3.50. The number of nitrogens with one attached hydrogen (secondary N) is 1. The second-order valence-electron chi connectivity index (χ2n) is 6.51. The Bertz CT molecular complexity index is 854. The topological polar surface area (TPSA) is 50.2 Å². The summed E-state index contributed by atoms with van der Waals surface area (Å²) in [7, 11) is 0. The molecule has 4 rings (SSSR count). The smallest absolute Gasteiger partial charge is 0.224 e. The van der Waals surface area contributed by atoms with Crippen molar-refractivity contribution in [1.82, 2.24) is 9.78 Å². The molecule has 0 spiro atoms. The molecule has 3 heterocycles. The summed E-state index contributed by atoms with van der Waals surface area (Å²) in [6.07, 6.45) is 6.05. The van der Waals surface area contributed by atoms with E-state index in [0.29, 0.717) is 6.42 Å². The number of thiophene rings is 1. The molecule has 0 saturated heterocycles. The lowest BCUT2D eigenvalue weighted by Crippen LogP contribution is -2.29. The summed E-state index contributed by atoms with van der Waals surface area (Å²) in [5.74, 6) is 0.0470. The van der Waals surface area contributed by atoms with Crippen molar-refractivity contribution < 1.29 is 4.79 Å². The number of amides is 1. The number of carbonyl (C=O) groups excluding carboxylic acids is 1. The zero-order chi connectivity index (χ0) is 17.8. The number of nitrogens with zero attached hydrogens (tertiary/aromatic N) is 3. The molecule has 1 aromatic carbocycles. The first kappa shape index (κ1) is 16.8. The Hall–Kier alpha value is -2.60. The maximum absolute atomic E-state index is 12.1. The molecule has 1 aliphatic rings. The normalized spacial score (nSPS) is 13.5. The quantitative estimate of drug-likeness (QED) is 0.719. The lowest BCUT2D eigenvalue weighted by atomic mass is 10.1. The van der Waals surface area contributed by atoms with E-state index < -0.39 is 0 Å². The van der Waals surface area contributed by atoms with Gasteiger partial charge in [-0.25, -0.2) is 0 Å². The average Bonchev–Trinajstić information content (AvgIpc) is 3.33. The van der Waals surface area contributed by atoms with Gasteiger partial charge in [-0.1, -0.05) is 0 Å². The third-order valence-electron chi connectivity index (χ3n) is 4.67. The highest BCUT2D eigenvalue weighted by molar-refractivity contribution is 7.10. The Morgan fingerprint density at radius 3 is 2.92 bits per heavy atom. The molecule has 0 fully saturated rings. The molecular formula is C20H22N4OS. The molecule has 0 atom stereocenters. The molecule has 0 radical (unpaired) electrons. The van der Waals surface area contributed by atoms with Gasteiger partial charge < -0.3 is 10.2 Å². The summed E-state index contributed by atoms with van der Waals surface area (Å²) in [6, 6.07) is 12.3. The van der Waals surface area contributed by atoms with Crippen LogP contribution in [0.25, 0.3) is 0 Å². The predicted octanol–water partition coefficient (Wildman–Crippen LogP) is 3.93. The lowest BCUT2D eigenvalue weighted by Gasteiger charge is -2.29. The van der Waals surface area contributed by atoms with Crippen LogP contribution < -0.4 is 10.2 Å². The van der Waals surface area contributed by atoms with Crippen molar-refractivity contribution in [2.75, 3.05) is 16.8 Å². The van der Waals surface area contributed by atoms with Gasteiger partial charge in [0.1, 0.15) is 0 Å². The van der Waals surface area contributed by atoms with Crippen molar-refractivity contribution >= 4 is 28.6 Å². The molecule has 2 aromatic heterocycles.